The fraction of sp³-hybridized carbons (Fsp3) is 0.571. The van der Waals surface area contributed by atoms with Crippen molar-refractivity contribution in [3.63, 3.8) is 0 Å². The first-order valence-corrected chi connectivity index (χ1v) is 6.39. The van der Waals surface area contributed by atoms with Crippen LogP contribution in [0.3, 0.4) is 0 Å². The molecule has 7 nitrogen and oxygen atoms in total. The van der Waals surface area contributed by atoms with E-state index in [1.807, 2.05) is 6.92 Å². The molecule has 1 heterocycles. The average molecular weight is 231 g/mol. The van der Waals surface area contributed by atoms with Crippen molar-refractivity contribution < 1.29 is 8.42 Å². The Labute approximate surface area is 88.1 Å². The number of hydrogen-bond donors (Lipinski definition) is 2. The summed E-state index contributed by atoms with van der Waals surface area (Å²) in [6, 6.07) is 0. The summed E-state index contributed by atoms with van der Waals surface area (Å²) in [5.74, 6) is 0.224. The normalized spacial score (nSPS) is 11.3. The Hall–Kier alpha value is -1.44. The summed E-state index contributed by atoms with van der Waals surface area (Å²) in [7, 11) is -3.16. The van der Waals surface area contributed by atoms with Gasteiger partial charge < -0.3 is 11.1 Å². The van der Waals surface area contributed by atoms with Crippen LogP contribution >= 0.6 is 0 Å². The highest BCUT2D eigenvalue weighted by atomic mass is 32.2. The van der Waals surface area contributed by atoms with Crippen molar-refractivity contribution in [2.75, 3.05) is 23.9 Å². The van der Waals surface area contributed by atoms with Crippen LogP contribution in [-0.2, 0) is 15.6 Å². The molecular formula is C7H13N5O2S. The standard InChI is InChI=1S/C7H13N5O2S/c1-3-9-7-11-5(4-15(2,13)14)10-6(8)12-7/h3-4H2,1-2H3,(H3,8,9,10,11,12). The summed E-state index contributed by atoms with van der Waals surface area (Å²) in [4.78, 5) is 11.5. The van der Waals surface area contributed by atoms with Crippen LogP contribution in [0.15, 0.2) is 0 Å². The Balaban J connectivity index is 2.98. The van der Waals surface area contributed by atoms with E-state index in [9.17, 15) is 8.42 Å². The van der Waals surface area contributed by atoms with Gasteiger partial charge in [0.15, 0.2) is 15.7 Å². The number of nitrogens with two attached hydrogens (primary N) is 1. The van der Waals surface area contributed by atoms with Gasteiger partial charge in [-0.3, -0.25) is 0 Å². The van der Waals surface area contributed by atoms with Gasteiger partial charge in [0, 0.05) is 12.8 Å². The van der Waals surface area contributed by atoms with Crippen LogP contribution in [0.2, 0.25) is 0 Å². The molecule has 0 aliphatic rings. The highest BCUT2D eigenvalue weighted by molar-refractivity contribution is 7.89. The third-order valence-electron chi connectivity index (χ3n) is 1.43. The Morgan fingerprint density at radius 1 is 1.33 bits per heavy atom. The van der Waals surface area contributed by atoms with Crippen LogP contribution < -0.4 is 11.1 Å². The van der Waals surface area contributed by atoms with Crippen LogP contribution in [0, 0.1) is 0 Å². The van der Waals surface area contributed by atoms with E-state index >= 15 is 0 Å². The molecule has 15 heavy (non-hydrogen) atoms. The molecule has 0 aliphatic heterocycles. The largest absolute Gasteiger partial charge is 0.368 e. The molecule has 1 aromatic rings. The molecule has 1 rings (SSSR count). The second-order valence-corrected chi connectivity index (χ2v) is 5.17. The highest BCUT2D eigenvalue weighted by Crippen LogP contribution is 2.05. The quantitative estimate of drug-likeness (QED) is 0.713. The summed E-state index contributed by atoms with van der Waals surface area (Å²) in [5, 5.41) is 2.84. The number of nitrogen functional groups attached to an aromatic ring is 1. The van der Waals surface area contributed by atoms with Crippen molar-refractivity contribution in [1.29, 1.82) is 0 Å². The summed E-state index contributed by atoms with van der Waals surface area (Å²) in [6.07, 6.45) is 1.11. The first-order chi connectivity index (χ1) is 6.90. The zero-order valence-electron chi connectivity index (χ0n) is 8.56. The fourth-order valence-corrected chi connectivity index (χ4v) is 1.57. The fourth-order valence-electron chi connectivity index (χ4n) is 0.974. The number of aromatic nitrogens is 3. The smallest absolute Gasteiger partial charge is 0.227 e. The number of rotatable bonds is 4. The molecule has 0 amide bonds. The molecule has 84 valence electrons. The van der Waals surface area contributed by atoms with Gasteiger partial charge in [0.1, 0.15) is 5.75 Å². The van der Waals surface area contributed by atoms with Crippen LogP contribution in [0.1, 0.15) is 12.7 Å². The molecule has 3 N–H and O–H groups in total. The SMILES string of the molecule is CCNc1nc(N)nc(CS(C)(=O)=O)n1. The molecule has 0 fully saturated rings. The third kappa shape index (κ3) is 4.07. The summed E-state index contributed by atoms with van der Waals surface area (Å²) in [5.41, 5.74) is 5.41. The van der Waals surface area contributed by atoms with Gasteiger partial charge in [0.2, 0.25) is 11.9 Å². The maximum Gasteiger partial charge on any atom is 0.227 e. The van der Waals surface area contributed by atoms with E-state index in [2.05, 4.69) is 20.3 Å². The minimum absolute atomic E-state index is 0.0135. The Bertz CT molecular complexity index is 445. The second kappa shape index (κ2) is 4.39. The number of anilines is 2. The van der Waals surface area contributed by atoms with Gasteiger partial charge in [-0.1, -0.05) is 0 Å². The van der Waals surface area contributed by atoms with Crippen molar-refractivity contribution in [3.8, 4) is 0 Å². The maximum absolute atomic E-state index is 11.0. The molecular weight excluding hydrogens is 218 g/mol. The van der Waals surface area contributed by atoms with Crippen molar-refractivity contribution >= 4 is 21.7 Å². The molecule has 0 unspecified atom stereocenters. The zero-order valence-corrected chi connectivity index (χ0v) is 9.37. The lowest BCUT2D eigenvalue weighted by Gasteiger charge is -2.04. The topological polar surface area (TPSA) is 111 Å². The average Bonchev–Trinajstić information content (AvgIpc) is 1.99. The molecule has 1 aromatic heterocycles. The maximum atomic E-state index is 11.0. The third-order valence-corrected chi connectivity index (χ3v) is 2.21. The number of sulfone groups is 1. The van der Waals surface area contributed by atoms with Gasteiger partial charge in [-0.25, -0.2) is 8.42 Å². The van der Waals surface area contributed by atoms with E-state index in [0.717, 1.165) is 6.26 Å². The van der Waals surface area contributed by atoms with E-state index in [1.165, 1.54) is 0 Å². The molecule has 0 spiro atoms. The van der Waals surface area contributed by atoms with Gasteiger partial charge in [-0.15, -0.1) is 0 Å². The van der Waals surface area contributed by atoms with Gasteiger partial charge in [0.05, 0.1) is 0 Å². The number of nitrogens with one attached hydrogen (secondary N) is 1. The lowest BCUT2D eigenvalue weighted by atomic mass is 10.6. The molecule has 8 heteroatoms. The van der Waals surface area contributed by atoms with E-state index in [4.69, 9.17) is 5.73 Å². The molecule has 0 saturated carbocycles. The van der Waals surface area contributed by atoms with Gasteiger partial charge in [0.25, 0.3) is 0 Å². The van der Waals surface area contributed by atoms with Gasteiger partial charge in [-0.2, -0.15) is 15.0 Å². The van der Waals surface area contributed by atoms with E-state index in [-0.39, 0.29) is 17.5 Å². The Kier molecular flexibility index (Phi) is 3.40. The first kappa shape index (κ1) is 11.6. The predicted octanol–water partition coefficient (Wildman–Crippen LogP) is -0.570. The summed E-state index contributed by atoms with van der Waals surface area (Å²) in [6.45, 7) is 2.50. The number of hydrogen-bond acceptors (Lipinski definition) is 7. The molecule has 0 bridgehead atoms. The summed E-state index contributed by atoms with van der Waals surface area (Å²) >= 11 is 0. The van der Waals surface area contributed by atoms with Crippen LogP contribution in [-0.4, -0.2) is 36.2 Å². The molecule has 0 aromatic carbocycles. The van der Waals surface area contributed by atoms with Gasteiger partial charge in [-0.05, 0) is 6.92 Å². The molecule has 0 saturated heterocycles. The van der Waals surface area contributed by atoms with Crippen LogP contribution in [0.4, 0.5) is 11.9 Å². The van der Waals surface area contributed by atoms with E-state index < -0.39 is 9.84 Å². The number of nitrogens with zero attached hydrogens (tertiary/aromatic N) is 3. The van der Waals surface area contributed by atoms with E-state index in [1.54, 1.807) is 0 Å². The van der Waals surface area contributed by atoms with Crippen LogP contribution in [0.5, 0.6) is 0 Å². The summed E-state index contributed by atoms with van der Waals surface area (Å²) < 4.78 is 22.0. The molecule has 0 atom stereocenters. The van der Waals surface area contributed by atoms with Crippen molar-refractivity contribution in [2.24, 2.45) is 0 Å². The monoisotopic (exact) mass is 231 g/mol. The zero-order chi connectivity index (χ0) is 11.5. The minimum Gasteiger partial charge on any atom is -0.368 e. The second-order valence-electron chi connectivity index (χ2n) is 3.03. The van der Waals surface area contributed by atoms with Crippen molar-refractivity contribution in [2.45, 2.75) is 12.7 Å². The first-order valence-electron chi connectivity index (χ1n) is 4.32. The molecule has 0 aliphatic carbocycles. The van der Waals surface area contributed by atoms with Crippen molar-refractivity contribution in [1.82, 2.24) is 15.0 Å². The van der Waals surface area contributed by atoms with E-state index in [0.29, 0.717) is 12.5 Å². The minimum atomic E-state index is -3.16. The van der Waals surface area contributed by atoms with Crippen LogP contribution in [0.25, 0.3) is 0 Å². The lowest BCUT2D eigenvalue weighted by Crippen LogP contribution is -2.12. The Morgan fingerprint density at radius 2 is 2.00 bits per heavy atom. The van der Waals surface area contributed by atoms with Gasteiger partial charge >= 0.3 is 0 Å². The Morgan fingerprint density at radius 3 is 2.53 bits per heavy atom. The molecule has 0 radical (unpaired) electrons. The van der Waals surface area contributed by atoms with Crippen molar-refractivity contribution in [3.05, 3.63) is 5.82 Å². The lowest BCUT2D eigenvalue weighted by molar-refractivity contribution is 0.599. The highest BCUT2D eigenvalue weighted by Gasteiger charge is 2.10. The predicted molar refractivity (Wildman–Crippen MR) is 57.0 cm³/mol.